The van der Waals surface area contributed by atoms with Gasteiger partial charge in [-0.15, -0.1) is 0 Å². The number of likely N-dealkylation sites (tertiary alicyclic amines) is 1. The van der Waals surface area contributed by atoms with Crippen molar-refractivity contribution in [3.05, 3.63) is 29.2 Å². The third kappa shape index (κ3) is 2.40. The number of hydrogen-bond donors (Lipinski definition) is 1. The normalized spacial score (nSPS) is 22.0. The van der Waals surface area contributed by atoms with Crippen LogP contribution in [0.1, 0.15) is 24.8 Å². The van der Waals surface area contributed by atoms with Crippen molar-refractivity contribution >= 4 is 15.4 Å². The highest BCUT2D eigenvalue weighted by atomic mass is 32.2. The first kappa shape index (κ1) is 12.7. The van der Waals surface area contributed by atoms with Gasteiger partial charge in [-0.2, -0.15) is 0 Å². The van der Waals surface area contributed by atoms with Crippen LogP contribution in [-0.4, -0.2) is 38.1 Å². The molecule has 2 aliphatic heterocycles. The van der Waals surface area contributed by atoms with Gasteiger partial charge in [0, 0.05) is 17.5 Å². The SMILES string of the molecule is O=S1(=O)C=C(CN2CCCCC2)c2cc(O)ccc21. The van der Waals surface area contributed by atoms with E-state index in [4.69, 9.17) is 0 Å². The second-order valence-corrected chi connectivity index (χ2v) is 6.97. The van der Waals surface area contributed by atoms with Crippen LogP contribution in [0.4, 0.5) is 0 Å². The first-order chi connectivity index (χ1) is 9.06. The molecule has 1 saturated heterocycles. The highest BCUT2D eigenvalue weighted by molar-refractivity contribution is 7.95. The molecule has 1 fully saturated rings. The second-order valence-electron chi connectivity index (χ2n) is 5.21. The van der Waals surface area contributed by atoms with E-state index < -0.39 is 9.84 Å². The maximum atomic E-state index is 12.0. The van der Waals surface area contributed by atoms with Gasteiger partial charge in [0.1, 0.15) is 5.75 Å². The van der Waals surface area contributed by atoms with Crippen LogP contribution in [0.2, 0.25) is 0 Å². The van der Waals surface area contributed by atoms with Gasteiger partial charge in [0.15, 0.2) is 0 Å². The molecule has 0 bridgehead atoms. The number of benzene rings is 1. The van der Waals surface area contributed by atoms with Crippen molar-refractivity contribution in [1.29, 1.82) is 0 Å². The number of aromatic hydroxyl groups is 1. The lowest BCUT2D eigenvalue weighted by Crippen LogP contribution is -2.30. The zero-order chi connectivity index (χ0) is 13.5. The minimum atomic E-state index is -3.32. The third-order valence-electron chi connectivity index (χ3n) is 3.76. The summed E-state index contributed by atoms with van der Waals surface area (Å²) in [5.74, 6) is 0.111. The van der Waals surface area contributed by atoms with Crippen molar-refractivity contribution < 1.29 is 13.5 Å². The zero-order valence-electron chi connectivity index (χ0n) is 10.7. The lowest BCUT2D eigenvalue weighted by Gasteiger charge is -2.26. The van der Waals surface area contributed by atoms with Gasteiger partial charge >= 0.3 is 0 Å². The average Bonchev–Trinajstić information content (AvgIpc) is 2.62. The maximum absolute atomic E-state index is 12.0. The fraction of sp³-hybridized carbons (Fsp3) is 0.429. The van der Waals surface area contributed by atoms with E-state index in [9.17, 15) is 13.5 Å². The summed E-state index contributed by atoms with van der Waals surface area (Å²) in [4.78, 5) is 2.60. The molecule has 0 aliphatic carbocycles. The van der Waals surface area contributed by atoms with Crippen molar-refractivity contribution in [3.63, 3.8) is 0 Å². The summed E-state index contributed by atoms with van der Waals surface area (Å²) in [5.41, 5.74) is 1.46. The minimum absolute atomic E-state index is 0.111. The molecular formula is C14H17NO3S. The monoisotopic (exact) mass is 279 g/mol. The first-order valence-corrected chi connectivity index (χ1v) is 8.12. The van der Waals surface area contributed by atoms with Crippen molar-refractivity contribution in [2.24, 2.45) is 0 Å². The topological polar surface area (TPSA) is 57.6 Å². The molecule has 102 valence electrons. The molecule has 5 heteroatoms. The van der Waals surface area contributed by atoms with E-state index in [1.807, 2.05) is 0 Å². The van der Waals surface area contributed by atoms with Crippen molar-refractivity contribution in [1.82, 2.24) is 4.90 Å². The van der Waals surface area contributed by atoms with Crippen molar-refractivity contribution in [2.45, 2.75) is 24.2 Å². The molecule has 19 heavy (non-hydrogen) atoms. The molecular weight excluding hydrogens is 262 g/mol. The summed E-state index contributed by atoms with van der Waals surface area (Å²) in [7, 11) is -3.32. The molecule has 3 rings (SSSR count). The number of fused-ring (bicyclic) bond motifs is 1. The Morgan fingerprint density at radius 1 is 1.16 bits per heavy atom. The smallest absolute Gasteiger partial charge is 0.200 e. The van der Waals surface area contributed by atoms with Crippen molar-refractivity contribution in [2.75, 3.05) is 19.6 Å². The van der Waals surface area contributed by atoms with Crippen LogP contribution in [0, 0.1) is 0 Å². The fourth-order valence-corrected chi connectivity index (χ4v) is 4.27. The lowest BCUT2D eigenvalue weighted by molar-refractivity contribution is 0.255. The van der Waals surface area contributed by atoms with Crippen LogP contribution in [0.5, 0.6) is 5.75 Å². The number of hydrogen-bond acceptors (Lipinski definition) is 4. The van der Waals surface area contributed by atoms with Crippen LogP contribution in [0.3, 0.4) is 0 Å². The number of sulfone groups is 1. The van der Waals surface area contributed by atoms with E-state index in [2.05, 4.69) is 4.90 Å². The first-order valence-electron chi connectivity index (χ1n) is 6.58. The number of rotatable bonds is 2. The average molecular weight is 279 g/mol. The second kappa shape index (κ2) is 4.65. The Bertz CT molecular complexity index is 628. The highest BCUT2D eigenvalue weighted by Gasteiger charge is 2.28. The Balaban J connectivity index is 1.93. The molecule has 4 nitrogen and oxygen atoms in total. The number of phenols is 1. The van der Waals surface area contributed by atoms with E-state index in [-0.39, 0.29) is 5.75 Å². The standard InChI is InChI=1S/C14H17NO3S/c16-12-4-5-14-13(8-12)11(10-19(14,17)18)9-15-6-2-1-3-7-15/h4-5,8,10,16H,1-3,6-7,9H2. The Morgan fingerprint density at radius 3 is 2.63 bits per heavy atom. The molecule has 0 radical (unpaired) electrons. The zero-order valence-corrected chi connectivity index (χ0v) is 11.5. The van der Waals surface area contributed by atoms with Gasteiger partial charge in [0.05, 0.1) is 4.90 Å². The summed E-state index contributed by atoms with van der Waals surface area (Å²) in [5, 5.41) is 10.9. The van der Waals surface area contributed by atoms with Gasteiger partial charge < -0.3 is 5.11 Å². The van der Waals surface area contributed by atoms with E-state index in [0.717, 1.165) is 18.7 Å². The Hall–Kier alpha value is -1.33. The van der Waals surface area contributed by atoms with E-state index >= 15 is 0 Å². The summed E-state index contributed by atoms with van der Waals surface area (Å²) < 4.78 is 24.1. The van der Waals surface area contributed by atoms with Gasteiger partial charge in [-0.3, -0.25) is 4.90 Å². The quantitative estimate of drug-likeness (QED) is 0.899. The largest absolute Gasteiger partial charge is 0.508 e. The Kier molecular flexibility index (Phi) is 3.11. The Labute approximate surface area is 113 Å². The number of nitrogens with zero attached hydrogens (tertiary/aromatic N) is 1. The van der Waals surface area contributed by atoms with Crippen LogP contribution in [0.15, 0.2) is 28.5 Å². The number of piperidine rings is 1. The molecule has 1 aromatic carbocycles. The van der Waals surface area contributed by atoms with Gasteiger partial charge in [-0.05, 0) is 49.7 Å². The predicted octanol–water partition coefficient (Wildman–Crippen LogP) is 2.01. The van der Waals surface area contributed by atoms with Crippen molar-refractivity contribution in [3.8, 4) is 5.75 Å². The summed E-state index contributed by atoms with van der Waals surface area (Å²) in [6.07, 6.45) is 3.60. The molecule has 0 aromatic heterocycles. The Morgan fingerprint density at radius 2 is 1.89 bits per heavy atom. The summed E-state index contributed by atoms with van der Waals surface area (Å²) in [6, 6.07) is 4.46. The summed E-state index contributed by atoms with van der Waals surface area (Å²) >= 11 is 0. The molecule has 1 N–H and O–H groups in total. The fourth-order valence-electron chi connectivity index (χ4n) is 2.81. The predicted molar refractivity (Wildman–Crippen MR) is 73.6 cm³/mol. The van der Waals surface area contributed by atoms with Gasteiger partial charge in [-0.25, -0.2) is 8.42 Å². The molecule has 0 amide bonds. The molecule has 1 aromatic rings. The lowest BCUT2D eigenvalue weighted by atomic mass is 10.0. The van der Waals surface area contributed by atoms with Gasteiger partial charge in [0.2, 0.25) is 9.84 Å². The summed E-state index contributed by atoms with van der Waals surface area (Å²) in [6.45, 7) is 2.69. The van der Waals surface area contributed by atoms with Crippen LogP contribution in [0.25, 0.3) is 5.57 Å². The van der Waals surface area contributed by atoms with Gasteiger partial charge in [-0.1, -0.05) is 6.42 Å². The highest BCUT2D eigenvalue weighted by Crippen LogP contribution is 2.36. The third-order valence-corrected chi connectivity index (χ3v) is 5.32. The van der Waals surface area contributed by atoms with Gasteiger partial charge in [0.25, 0.3) is 0 Å². The molecule has 0 atom stereocenters. The molecule has 2 heterocycles. The molecule has 0 unspecified atom stereocenters. The van der Waals surface area contributed by atoms with E-state index in [1.165, 1.54) is 36.8 Å². The maximum Gasteiger partial charge on any atom is 0.200 e. The van der Waals surface area contributed by atoms with Crippen LogP contribution >= 0.6 is 0 Å². The number of phenolic OH excluding ortho intramolecular Hbond substituents is 1. The molecule has 2 aliphatic rings. The van der Waals surface area contributed by atoms with E-state index in [1.54, 1.807) is 6.07 Å². The van der Waals surface area contributed by atoms with E-state index in [0.29, 0.717) is 17.0 Å². The molecule has 0 spiro atoms. The molecule has 0 saturated carbocycles. The minimum Gasteiger partial charge on any atom is -0.508 e. The van der Waals surface area contributed by atoms with Crippen LogP contribution < -0.4 is 0 Å². The van der Waals surface area contributed by atoms with Crippen LogP contribution in [-0.2, 0) is 9.84 Å².